The molecule has 0 atom stereocenters. The Bertz CT molecular complexity index is 1030. The average Bonchev–Trinajstić information content (AvgIpc) is 2.92. The number of benzene rings is 1. The van der Waals surface area contributed by atoms with Gasteiger partial charge in [-0.05, 0) is 37.0 Å². The van der Waals surface area contributed by atoms with Gasteiger partial charge >= 0.3 is 12.4 Å². The Hall–Kier alpha value is -3.29. The number of nitrogens with zero attached hydrogens (tertiary/aromatic N) is 3. The molecule has 2 aromatic rings. The van der Waals surface area contributed by atoms with E-state index < -0.39 is 47.4 Å². The highest BCUT2D eigenvalue weighted by Crippen LogP contribution is 2.38. The Kier molecular flexibility index (Phi) is 6.10. The number of aryl methyl sites for hydroxylation is 1. The van der Waals surface area contributed by atoms with Crippen molar-refractivity contribution >= 4 is 17.4 Å². The number of anilines is 2. The smallest absolute Gasteiger partial charge is 0.360 e. The van der Waals surface area contributed by atoms with Crippen molar-refractivity contribution in [2.75, 3.05) is 23.3 Å². The first kappa shape index (κ1) is 22.4. The largest absolute Gasteiger partial charge is 0.433 e. The predicted molar refractivity (Wildman–Crippen MR) is 99.2 cm³/mol. The maximum absolute atomic E-state index is 13.2. The van der Waals surface area contributed by atoms with Crippen LogP contribution >= 0.6 is 0 Å². The molecule has 0 unspecified atom stereocenters. The summed E-state index contributed by atoms with van der Waals surface area (Å²) in [6.45, 7) is -0.277. The number of amides is 1. The van der Waals surface area contributed by atoms with Crippen LogP contribution in [0.5, 0.6) is 0 Å². The maximum Gasteiger partial charge on any atom is 0.433 e. The quantitative estimate of drug-likeness (QED) is 0.696. The van der Waals surface area contributed by atoms with E-state index in [9.17, 15) is 31.1 Å². The van der Waals surface area contributed by atoms with Gasteiger partial charge in [-0.2, -0.15) is 31.6 Å². The number of hydrogen-bond acceptors (Lipinski definition) is 4. The zero-order chi connectivity index (χ0) is 22.8. The summed E-state index contributed by atoms with van der Waals surface area (Å²) in [5, 5.41) is 11.3. The van der Waals surface area contributed by atoms with Crippen LogP contribution in [0.3, 0.4) is 0 Å². The van der Waals surface area contributed by atoms with Crippen LogP contribution in [0, 0.1) is 11.3 Å². The van der Waals surface area contributed by atoms with E-state index in [1.165, 1.54) is 11.0 Å². The lowest BCUT2D eigenvalue weighted by Gasteiger charge is -2.23. The van der Waals surface area contributed by atoms with Gasteiger partial charge in [0.1, 0.15) is 23.1 Å². The molecule has 0 saturated carbocycles. The fourth-order valence-corrected chi connectivity index (χ4v) is 3.36. The first-order valence-electron chi connectivity index (χ1n) is 9.24. The average molecular weight is 442 g/mol. The molecular formula is C20H16F6N4O. The zero-order valence-electron chi connectivity index (χ0n) is 15.9. The van der Waals surface area contributed by atoms with E-state index in [0.29, 0.717) is 18.7 Å². The van der Waals surface area contributed by atoms with E-state index in [1.807, 2.05) is 12.1 Å². The number of carbonyl (C=O) groups excluding carboxylic acids is 1. The second-order valence-corrected chi connectivity index (χ2v) is 6.87. The molecule has 164 valence electrons. The number of aromatic nitrogens is 1. The molecule has 11 heteroatoms. The molecule has 1 aliphatic rings. The summed E-state index contributed by atoms with van der Waals surface area (Å²) in [5.41, 5.74) is -3.13. The van der Waals surface area contributed by atoms with Gasteiger partial charge in [0.25, 0.3) is 0 Å². The normalized spacial score (nSPS) is 14.4. The predicted octanol–water partition coefficient (Wildman–Crippen LogP) is 4.77. The SMILES string of the molecule is N#Cc1c(C(F)(F)F)cc(C(F)(F)F)nc1NCC(=O)N1CCCCc2ccccc21. The van der Waals surface area contributed by atoms with Crippen LogP contribution in [0.2, 0.25) is 0 Å². The standard InChI is InChI=1S/C20H16F6N4O/c21-19(22,23)14-9-16(20(24,25)26)29-18(13(14)10-27)28-11-17(31)30-8-4-3-6-12-5-1-2-7-15(12)30/h1-2,5,7,9H,3-4,6,8,11H2,(H,28,29). The molecule has 1 aliphatic heterocycles. The minimum absolute atomic E-state index is 0.212. The number of fused-ring (bicyclic) bond motifs is 1. The summed E-state index contributed by atoms with van der Waals surface area (Å²) in [4.78, 5) is 17.3. The number of alkyl halides is 6. The molecule has 1 aromatic carbocycles. The summed E-state index contributed by atoms with van der Waals surface area (Å²) in [6.07, 6.45) is -8.12. The number of hydrogen-bond donors (Lipinski definition) is 1. The summed E-state index contributed by atoms with van der Waals surface area (Å²) in [7, 11) is 0. The first-order valence-corrected chi connectivity index (χ1v) is 9.24. The third-order valence-electron chi connectivity index (χ3n) is 4.80. The summed E-state index contributed by atoms with van der Waals surface area (Å²) >= 11 is 0. The Morgan fingerprint density at radius 3 is 2.48 bits per heavy atom. The molecule has 5 nitrogen and oxygen atoms in total. The van der Waals surface area contributed by atoms with Crippen molar-refractivity contribution in [3.05, 3.63) is 52.7 Å². The van der Waals surface area contributed by atoms with Crippen molar-refractivity contribution in [1.82, 2.24) is 4.98 Å². The summed E-state index contributed by atoms with van der Waals surface area (Å²) < 4.78 is 78.9. The number of pyridine rings is 1. The van der Waals surface area contributed by atoms with Gasteiger partial charge in [0.15, 0.2) is 0 Å². The monoisotopic (exact) mass is 442 g/mol. The Morgan fingerprint density at radius 1 is 1.13 bits per heavy atom. The van der Waals surface area contributed by atoms with Gasteiger partial charge in [0, 0.05) is 12.2 Å². The van der Waals surface area contributed by atoms with E-state index in [1.54, 1.807) is 12.1 Å². The van der Waals surface area contributed by atoms with Crippen molar-refractivity contribution in [3.63, 3.8) is 0 Å². The van der Waals surface area contributed by atoms with E-state index in [0.717, 1.165) is 18.4 Å². The van der Waals surface area contributed by atoms with Crippen molar-refractivity contribution in [2.24, 2.45) is 0 Å². The molecule has 31 heavy (non-hydrogen) atoms. The van der Waals surface area contributed by atoms with Crippen molar-refractivity contribution in [3.8, 4) is 6.07 Å². The third kappa shape index (κ3) is 4.90. The Balaban J connectivity index is 1.92. The number of rotatable bonds is 3. The van der Waals surface area contributed by atoms with Crippen molar-refractivity contribution in [2.45, 2.75) is 31.6 Å². The van der Waals surface area contributed by atoms with Crippen molar-refractivity contribution < 1.29 is 31.1 Å². The number of nitriles is 1. The van der Waals surface area contributed by atoms with E-state index in [2.05, 4.69) is 10.3 Å². The van der Waals surface area contributed by atoms with Crippen LogP contribution in [-0.4, -0.2) is 24.0 Å². The second-order valence-electron chi connectivity index (χ2n) is 6.87. The van der Waals surface area contributed by atoms with E-state index in [-0.39, 0.29) is 6.07 Å². The fourth-order valence-electron chi connectivity index (χ4n) is 3.36. The lowest BCUT2D eigenvalue weighted by molar-refractivity contribution is -0.145. The lowest BCUT2D eigenvalue weighted by Crippen LogP contribution is -2.36. The van der Waals surface area contributed by atoms with E-state index >= 15 is 0 Å². The lowest BCUT2D eigenvalue weighted by atomic mass is 10.1. The molecule has 3 rings (SSSR count). The fraction of sp³-hybridized carbons (Fsp3) is 0.350. The van der Waals surface area contributed by atoms with Crippen LogP contribution in [0.15, 0.2) is 30.3 Å². The van der Waals surface area contributed by atoms with Gasteiger partial charge in [-0.1, -0.05) is 18.2 Å². The maximum atomic E-state index is 13.2. The molecule has 1 aromatic heterocycles. The van der Waals surface area contributed by atoms with Gasteiger partial charge < -0.3 is 10.2 Å². The van der Waals surface area contributed by atoms with Gasteiger partial charge in [-0.3, -0.25) is 4.79 Å². The Morgan fingerprint density at radius 2 is 1.84 bits per heavy atom. The molecule has 0 aliphatic carbocycles. The highest BCUT2D eigenvalue weighted by molar-refractivity contribution is 5.97. The molecule has 0 fully saturated rings. The molecule has 0 saturated heterocycles. The molecule has 0 spiro atoms. The van der Waals surface area contributed by atoms with Gasteiger partial charge in [-0.25, -0.2) is 4.98 Å². The highest BCUT2D eigenvalue weighted by atomic mass is 19.4. The molecule has 1 amide bonds. The molecule has 2 heterocycles. The minimum atomic E-state index is -5.21. The van der Waals surface area contributed by atoms with Crippen LogP contribution in [-0.2, 0) is 23.6 Å². The van der Waals surface area contributed by atoms with Crippen LogP contribution in [0.1, 0.15) is 35.2 Å². The summed E-state index contributed by atoms with van der Waals surface area (Å²) in [5.74, 6) is -1.51. The van der Waals surface area contributed by atoms with Gasteiger partial charge in [0.2, 0.25) is 5.91 Å². The van der Waals surface area contributed by atoms with Crippen LogP contribution in [0.25, 0.3) is 0 Å². The number of carbonyl (C=O) groups is 1. The van der Waals surface area contributed by atoms with E-state index in [4.69, 9.17) is 5.26 Å². The minimum Gasteiger partial charge on any atom is -0.360 e. The Labute approximate surface area is 173 Å². The van der Waals surface area contributed by atoms with Crippen LogP contribution < -0.4 is 10.2 Å². The third-order valence-corrected chi connectivity index (χ3v) is 4.80. The number of nitrogens with one attached hydrogen (secondary N) is 1. The number of halogens is 6. The summed E-state index contributed by atoms with van der Waals surface area (Å²) in [6, 6.07) is 8.16. The second kappa shape index (κ2) is 8.45. The molecule has 1 N–H and O–H groups in total. The topological polar surface area (TPSA) is 69.0 Å². The van der Waals surface area contributed by atoms with Crippen molar-refractivity contribution in [1.29, 1.82) is 5.26 Å². The van der Waals surface area contributed by atoms with Crippen LogP contribution in [0.4, 0.5) is 37.8 Å². The molecular weight excluding hydrogens is 426 g/mol. The molecule has 0 radical (unpaired) electrons. The van der Waals surface area contributed by atoms with Gasteiger partial charge in [-0.15, -0.1) is 0 Å². The molecule has 0 bridgehead atoms. The number of para-hydroxylation sites is 1. The first-order chi connectivity index (χ1) is 14.5. The zero-order valence-corrected chi connectivity index (χ0v) is 15.9. The van der Waals surface area contributed by atoms with Gasteiger partial charge in [0.05, 0.1) is 12.1 Å². The highest BCUT2D eigenvalue weighted by Gasteiger charge is 2.41.